The van der Waals surface area contributed by atoms with Gasteiger partial charge in [-0.2, -0.15) is 10.1 Å². The van der Waals surface area contributed by atoms with E-state index in [1.165, 1.54) is 4.90 Å². The number of nitrogens with one attached hydrogen (secondary N) is 2. The number of benzene rings is 1. The van der Waals surface area contributed by atoms with Crippen LogP contribution in [0.1, 0.15) is 6.92 Å². The topological polar surface area (TPSA) is 90.0 Å². The second-order valence-corrected chi connectivity index (χ2v) is 7.23. The maximum absolute atomic E-state index is 12.7. The molecule has 0 aliphatic carbocycles. The van der Waals surface area contributed by atoms with Crippen molar-refractivity contribution in [1.82, 2.24) is 20.2 Å². The van der Waals surface area contributed by atoms with Crippen molar-refractivity contribution < 1.29 is 4.79 Å². The van der Waals surface area contributed by atoms with Crippen LogP contribution in [0.3, 0.4) is 0 Å². The summed E-state index contributed by atoms with van der Waals surface area (Å²) >= 11 is 3.42. The number of rotatable bonds is 4. The molecule has 4 rings (SSSR count). The third-order valence-corrected chi connectivity index (χ3v) is 5.28. The summed E-state index contributed by atoms with van der Waals surface area (Å²) in [5.41, 5.74) is 2.12. The van der Waals surface area contributed by atoms with Crippen molar-refractivity contribution in [3.05, 3.63) is 29.0 Å². The number of halogens is 1. The van der Waals surface area contributed by atoms with E-state index in [1.54, 1.807) is 18.0 Å². The van der Waals surface area contributed by atoms with Gasteiger partial charge in [0.25, 0.3) is 0 Å². The van der Waals surface area contributed by atoms with Crippen LogP contribution in [0.5, 0.6) is 0 Å². The van der Waals surface area contributed by atoms with Crippen LogP contribution in [-0.4, -0.2) is 45.2 Å². The van der Waals surface area contributed by atoms with Crippen molar-refractivity contribution >= 4 is 55.9 Å². The lowest BCUT2D eigenvalue weighted by Crippen LogP contribution is -2.52. The number of nitrogens with zero attached hydrogens (tertiary/aromatic N) is 5. The number of carbonyl (C=O) groups is 1. The molecule has 0 fully saturated rings. The van der Waals surface area contributed by atoms with Gasteiger partial charge in [-0.3, -0.25) is 14.8 Å². The van der Waals surface area contributed by atoms with Crippen molar-refractivity contribution in [3.8, 4) is 24.7 Å². The van der Waals surface area contributed by atoms with Crippen LogP contribution in [0, 0.1) is 24.7 Å². The summed E-state index contributed by atoms with van der Waals surface area (Å²) in [6.07, 6.45) is 12.5. The highest BCUT2D eigenvalue weighted by Gasteiger charge is 2.36. The Balaban J connectivity index is 1.72. The standard InChI is InChI=1S/C20H16BrN7O/c1-4-8-27-12(3)19(29)28(9-5-2)16-11-22-20(24-18(16)27)23-13-6-7-14-15(10-13)25-26-17(14)21/h1-2,6-7,10-12H,8-9H2,3H3,(H,25,26)(H,22,23,24)/t12-/m1/s1. The number of H-pyrrole nitrogens is 1. The molecule has 0 unspecified atom stereocenters. The van der Waals surface area contributed by atoms with Crippen LogP contribution in [0.15, 0.2) is 29.0 Å². The summed E-state index contributed by atoms with van der Waals surface area (Å²) in [5.74, 6) is 5.90. The summed E-state index contributed by atoms with van der Waals surface area (Å²) in [7, 11) is 0. The van der Waals surface area contributed by atoms with Gasteiger partial charge in [0.1, 0.15) is 16.3 Å². The maximum atomic E-state index is 12.7. The van der Waals surface area contributed by atoms with Crippen LogP contribution in [0.25, 0.3) is 10.9 Å². The number of terminal acetylenes is 2. The van der Waals surface area contributed by atoms with Gasteiger partial charge in [0.2, 0.25) is 11.9 Å². The van der Waals surface area contributed by atoms with Gasteiger partial charge in [0.05, 0.1) is 24.8 Å². The Hall–Kier alpha value is -3.56. The summed E-state index contributed by atoms with van der Waals surface area (Å²) < 4.78 is 0.821. The molecule has 0 saturated heterocycles. The largest absolute Gasteiger partial charge is 0.332 e. The molecule has 1 aromatic carbocycles. The zero-order valence-corrected chi connectivity index (χ0v) is 17.1. The lowest BCUT2D eigenvalue weighted by Gasteiger charge is -2.38. The number of aromatic nitrogens is 4. The van der Waals surface area contributed by atoms with E-state index in [0.29, 0.717) is 17.5 Å². The first-order chi connectivity index (χ1) is 14.0. The van der Waals surface area contributed by atoms with Gasteiger partial charge in [-0.15, -0.1) is 12.8 Å². The first-order valence-electron chi connectivity index (χ1n) is 8.76. The molecule has 1 amide bonds. The lowest BCUT2D eigenvalue weighted by molar-refractivity contribution is -0.119. The number of carbonyl (C=O) groups excluding carboxylic acids is 1. The first-order valence-corrected chi connectivity index (χ1v) is 9.55. The number of amides is 1. The SMILES string of the molecule is C#CCN1C(=O)[C@@H](C)N(CC#C)c2nc(Nc3ccc4c(Br)[nH]nc4c3)ncc21. The molecule has 0 saturated carbocycles. The van der Waals surface area contributed by atoms with Crippen molar-refractivity contribution in [2.45, 2.75) is 13.0 Å². The van der Waals surface area contributed by atoms with E-state index in [9.17, 15) is 4.79 Å². The van der Waals surface area contributed by atoms with Crippen LogP contribution in [-0.2, 0) is 4.79 Å². The van der Waals surface area contributed by atoms with E-state index in [2.05, 4.69) is 53.3 Å². The Kier molecular flexibility index (Phi) is 4.83. The molecule has 1 aliphatic rings. The third kappa shape index (κ3) is 3.26. The number of hydrogen-bond donors (Lipinski definition) is 2. The quantitative estimate of drug-likeness (QED) is 0.595. The molecule has 2 N–H and O–H groups in total. The summed E-state index contributed by atoms with van der Waals surface area (Å²) in [5, 5.41) is 11.3. The smallest absolute Gasteiger partial charge is 0.250 e. The molecule has 1 atom stereocenters. The van der Waals surface area contributed by atoms with E-state index < -0.39 is 6.04 Å². The fraction of sp³-hybridized carbons (Fsp3) is 0.200. The molecule has 3 aromatic rings. The average molecular weight is 450 g/mol. The van der Waals surface area contributed by atoms with Crippen molar-refractivity contribution in [2.24, 2.45) is 0 Å². The molecular formula is C20H16BrN7O. The molecule has 8 nitrogen and oxygen atoms in total. The van der Waals surface area contributed by atoms with Gasteiger partial charge >= 0.3 is 0 Å². The van der Waals surface area contributed by atoms with Gasteiger partial charge in [0, 0.05) is 11.1 Å². The zero-order chi connectivity index (χ0) is 20.5. The van der Waals surface area contributed by atoms with E-state index in [-0.39, 0.29) is 19.0 Å². The second kappa shape index (κ2) is 7.46. The minimum Gasteiger partial charge on any atom is -0.332 e. The van der Waals surface area contributed by atoms with Gasteiger partial charge in [-0.1, -0.05) is 11.8 Å². The minimum absolute atomic E-state index is 0.135. The predicted molar refractivity (Wildman–Crippen MR) is 116 cm³/mol. The van der Waals surface area contributed by atoms with Crippen LogP contribution in [0.2, 0.25) is 0 Å². The number of fused-ring (bicyclic) bond motifs is 2. The number of hydrogen-bond acceptors (Lipinski definition) is 6. The fourth-order valence-corrected chi connectivity index (χ4v) is 3.66. The first kappa shape index (κ1) is 18.8. The molecule has 29 heavy (non-hydrogen) atoms. The normalized spacial score (nSPS) is 15.7. The summed E-state index contributed by atoms with van der Waals surface area (Å²) in [4.78, 5) is 25.0. The molecule has 0 spiro atoms. The van der Waals surface area contributed by atoms with Crippen LogP contribution in [0.4, 0.5) is 23.1 Å². The third-order valence-electron chi connectivity index (χ3n) is 4.68. The average Bonchev–Trinajstić information content (AvgIpc) is 3.09. The Morgan fingerprint density at radius 3 is 2.86 bits per heavy atom. The Morgan fingerprint density at radius 1 is 1.31 bits per heavy atom. The van der Waals surface area contributed by atoms with E-state index in [4.69, 9.17) is 12.8 Å². The van der Waals surface area contributed by atoms with E-state index in [1.807, 2.05) is 18.2 Å². The van der Waals surface area contributed by atoms with Crippen molar-refractivity contribution in [3.63, 3.8) is 0 Å². The monoisotopic (exact) mass is 449 g/mol. The molecular weight excluding hydrogens is 434 g/mol. The van der Waals surface area contributed by atoms with Gasteiger partial charge in [-0.25, -0.2) is 4.98 Å². The molecule has 2 aromatic heterocycles. The van der Waals surface area contributed by atoms with Crippen LogP contribution >= 0.6 is 15.9 Å². The Bertz CT molecular complexity index is 1190. The van der Waals surface area contributed by atoms with Crippen molar-refractivity contribution in [1.29, 1.82) is 0 Å². The van der Waals surface area contributed by atoms with Crippen molar-refractivity contribution in [2.75, 3.05) is 28.2 Å². The highest BCUT2D eigenvalue weighted by molar-refractivity contribution is 9.10. The zero-order valence-electron chi connectivity index (χ0n) is 15.5. The number of anilines is 4. The fourth-order valence-electron chi connectivity index (χ4n) is 3.24. The lowest BCUT2D eigenvalue weighted by atomic mass is 10.1. The highest BCUT2D eigenvalue weighted by Crippen LogP contribution is 2.35. The Labute approximate surface area is 175 Å². The van der Waals surface area contributed by atoms with E-state index in [0.717, 1.165) is 21.2 Å². The molecule has 0 bridgehead atoms. The minimum atomic E-state index is -0.479. The molecule has 144 valence electrons. The van der Waals surface area contributed by atoms with Gasteiger partial charge in [0.15, 0.2) is 5.82 Å². The Morgan fingerprint density at radius 2 is 2.10 bits per heavy atom. The molecule has 3 heterocycles. The molecule has 1 aliphatic heterocycles. The summed E-state index contributed by atoms with van der Waals surface area (Å²) in [6, 6.07) is 5.24. The molecule has 9 heteroatoms. The van der Waals surface area contributed by atoms with Crippen LogP contribution < -0.4 is 15.1 Å². The van der Waals surface area contributed by atoms with E-state index >= 15 is 0 Å². The van der Waals surface area contributed by atoms with Gasteiger partial charge in [-0.05, 0) is 41.1 Å². The molecule has 0 radical (unpaired) electrons. The second-order valence-electron chi connectivity index (χ2n) is 6.43. The number of aromatic amines is 1. The maximum Gasteiger partial charge on any atom is 0.250 e. The predicted octanol–water partition coefficient (Wildman–Crippen LogP) is 2.67. The highest BCUT2D eigenvalue weighted by atomic mass is 79.9. The van der Waals surface area contributed by atoms with Gasteiger partial charge < -0.3 is 10.2 Å². The summed E-state index contributed by atoms with van der Waals surface area (Å²) in [6.45, 7) is 2.17.